The number of carbonyl (C=O) groups excluding carboxylic acids is 1. The zero-order valence-corrected chi connectivity index (χ0v) is 11.6. The molecule has 0 radical (unpaired) electrons. The third kappa shape index (κ3) is 3.71. The molecule has 0 fully saturated rings. The number of benzene rings is 1. The SMILES string of the molecule is CCc1ccc(C(=O)Nc2ccc(C#CCN)c(F)c2)o1. The highest BCUT2D eigenvalue weighted by molar-refractivity contribution is 6.02. The highest BCUT2D eigenvalue weighted by atomic mass is 19.1. The molecule has 1 aromatic heterocycles. The fourth-order valence-electron chi connectivity index (χ4n) is 1.72. The first-order valence-electron chi connectivity index (χ1n) is 6.52. The Morgan fingerprint density at radius 2 is 2.19 bits per heavy atom. The molecule has 4 nitrogen and oxygen atoms in total. The Morgan fingerprint density at radius 3 is 2.81 bits per heavy atom. The molecule has 1 heterocycles. The lowest BCUT2D eigenvalue weighted by atomic mass is 10.2. The molecule has 1 aromatic carbocycles. The van der Waals surface area contributed by atoms with Gasteiger partial charge in [0.15, 0.2) is 5.76 Å². The maximum absolute atomic E-state index is 13.8. The van der Waals surface area contributed by atoms with Crippen molar-refractivity contribution >= 4 is 11.6 Å². The van der Waals surface area contributed by atoms with Gasteiger partial charge in [0.05, 0.1) is 12.1 Å². The largest absolute Gasteiger partial charge is 0.456 e. The van der Waals surface area contributed by atoms with Gasteiger partial charge in [-0.1, -0.05) is 18.8 Å². The molecule has 0 atom stereocenters. The van der Waals surface area contributed by atoms with Gasteiger partial charge >= 0.3 is 0 Å². The second kappa shape index (κ2) is 6.73. The Balaban J connectivity index is 2.12. The number of furan rings is 1. The first kappa shape index (κ1) is 14.8. The third-order valence-corrected chi connectivity index (χ3v) is 2.79. The predicted molar refractivity (Wildman–Crippen MR) is 78.4 cm³/mol. The predicted octanol–water partition coefficient (Wildman–Crippen LogP) is 2.54. The van der Waals surface area contributed by atoms with Crippen molar-refractivity contribution in [2.24, 2.45) is 5.73 Å². The fraction of sp³-hybridized carbons (Fsp3) is 0.188. The summed E-state index contributed by atoms with van der Waals surface area (Å²) in [4.78, 5) is 11.9. The summed E-state index contributed by atoms with van der Waals surface area (Å²) >= 11 is 0. The number of aryl methyl sites for hydroxylation is 1. The average Bonchev–Trinajstić information content (AvgIpc) is 2.95. The molecule has 0 aliphatic carbocycles. The van der Waals surface area contributed by atoms with E-state index in [1.54, 1.807) is 18.2 Å². The van der Waals surface area contributed by atoms with Crippen molar-refractivity contribution in [1.29, 1.82) is 0 Å². The second-order valence-electron chi connectivity index (χ2n) is 4.27. The molecule has 1 amide bonds. The fourth-order valence-corrected chi connectivity index (χ4v) is 1.72. The second-order valence-corrected chi connectivity index (χ2v) is 4.27. The molecule has 2 rings (SSSR count). The lowest BCUT2D eigenvalue weighted by molar-refractivity contribution is 0.0995. The van der Waals surface area contributed by atoms with E-state index in [0.29, 0.717) is 12.1 Å². The van der Waals surface area contributed by atoms with Crippen LogP contribution in [0.25, 0.3) is 0 Å². The van der Waals surface area contributed by atoms with Crippen LogP contribution in [-0.4, -0.2) is 12.5 Å². The van der Waals surface area contributed by atoms with Crippen LogP contribution in [0.4, 0.5) is 10.1 Å². The van der Waals surface area contributed by atoms with E-state index in [1.165, 1.54) is 12.1 Å². The Labute approximate surface area is 122 Å². The van der Waals surface area contributed by atoms with Crippen LogP contribution in [0.15, 0.2) is 34.7 Å². The van der Waals surface area contributed by atoms with Crippen molar-refractivity contribution in [2.75, 3.05) is 11.9 Å². The van der Waals surface area contributed by atoms with Crippen molar-refractivity contribution in [2.45, 2.75) is 13.3 Å². The van der Waals surface area contributed by atoms with Crippen LogP contribution in [-0.2, 0) is 6.42 Å². The van der Waals surface area contributed by atoms with E-state index in [-0.39, 0.29) is 17.9 Å². The van der Waals surface area contributed by atoms with Gasteiger partial charge in [0.2, 0.25) is 0 Å². The van der Waals surface area contributed by atoms with Gasteiger partial charge in [-0.05, 0) is 30.3 Å². The Bertz CT molecular complexity index is 711. The van der Waals surface area contributed by atoms with E-state index in [1.807, 2.05) is 6.92 Å². The summed E-state index contributed by atoms with van der Waals surface area (Å²) in [5.74, 6) is 5.17. The van der Waals surface area contributed by atoms with Gasteiger partial charge in [-0.2, -0.15) is 0 Å². The lowest BCUT2D eigenvalue weighted by Gasteiger charge is -2.04. The highest BCUT2D eigenvalue weighted by Crippen LogP contribution is 2.16. The van der Waals surface area contributed by atoms with Gasteiger partial charge in [0.25, 0.3) is 5.91 Å². The van der Waals surface area contributed by atoms with Crippen LogP contribution >= 0.6 is 0 Å². The van der Waals surface area contributed by atoms with Gasteiger partial charge in [0, 0.05) is 12.1 Å². The van der Waals surface area contributed by atoms with Crippen LogP contribution in [0.1, 0.15) is 28.8 Å². The highest BCUT2D eigenvalue weighted by Gasteiger charge is 2.11. The van der Waals surface area contributed by atoms with Crippen molar-refractivity contribution in [3.8, 4) is 11.8 Å². The zero-order valence-electron chi connectivity index (χ0n) is 11.6. The molecule has 2 aromatic rings. The zero-order chi connectivity index (χ0) is 15.2. The number of rotatable bonds is 3. The molecule has 0 aliphatic rings. The standard InChI is InChI=1S/C16H15FN2O2/c1-2-13-7-8-15(21-13)16(20)19-12-6-5-11(4-3-9-18)14(17)10-12/h5-8,10H,2,9,18H2,1H3,(H,19,20). The molecule has 0 bridgehead atoms. The molecular formula is C16H15FN2O2. The maximum Gasteiger partial charge on any atom is 0.291 e. The van der Waals surface area contributed by atoms with Crippen LogP contribution in [0, 0.1) is 17.7 Å². The van der Waals surface area contributed by atoms with E-state index in [9.17, 15) is 9.18 Å². The van der Waals surface area contributed by atoms with Crippen LogP contribution < -0.4 is 11.1 Å². The van der Waals surface area contributed by atoms with E-state index in [0.717, 1.165) is 5.76 Å². The minimum absolute atomic E-state index is 0.163. The van der Waals surface area contributed by atoms with Crippen LogP contribution in [0.5, 0.6) is 0 Å². The van der Waals surface area contributed by atoms with Gasteiger partial charge < -0.3 is 15.5 Å². The number of nitrogens with one attached hydrogen (secondary N) is 1. The first-order valence-corrected chi connectivity index (χ1v) is 6.52. The number of carbonyl (C=O) groups is 1. The molecule has 108 valence electrons. The van der Waals surface area contributed by atoms with Crippen molar-refractivity contribution in [3.05, 3.63) is 53.2 Å². The monoisotopic (exact) mass is 286 g/mol. The summed E-state index contributed by atoms with van der Waals surface area (Å²) in [6.45, 7) is 2.09. The molecule has 5 heteroatoms. The van der Waals surface area contributed by atoms with Gasteiger partial charge in [-0.3, -0.25) is 4.79 Å². The van der Waals surface area contributed by atoms with E-state index in [4.69, 9.17) is 10.2 Å². The van der Waals surface area contributed by atoms with Gasteiger partial charge in [0.1, 0.15) is 11.6 Å². The average molecular weight is 286 g/mol. The van der Waals surface area contributed by atoms with Gasteiger partial charge in [-0.25, -0.2) is 4.39 Å². The molecule has 21 heavy (non-hydrogen) atoms. The van der Waals surface area contributed by atoms with Crippen molar-refractivity contribution in [1.82, 2.24) is 0 Å². The number of halogens is 1. The summed E-state index contributed by atoms with van der Waals surface area (Å²) in [5.41, 5.74) is 5.82. The summed E-state index contributed by atoms with van der Waals surface area (Å²) in [5, 5.41) is 2.57. The van der Waals surface area contributed by atoms with Crippen molar-refractivity contribution < 1.29 is 13.6 Å². The quantitative estimate of drug-likeness (QED) is 0.852. The molecule has 0 saturated carbocycles. The number of anilines is 1. The molecule has 0 saturated heterocycles. The number of hydrogen-bond acceptors (Lipinski definition) is 3. The topological polar surface area (TPSA) is 68.3 Å². The Hall–Kier alpha value is -2.58. The number of amides is 1. The normalized spacial score (nSPS) is 9.86. The Morgan fingerprint density at radius 1 is 1.38 bits per heavy atom. The van der Waals surface area contributed by atoms with E-state index < -0.39 is 11.7 Å². The minimum atomic E-state index is -0.512. The van der Waals surface area contributed by atoms with E-state index >= 15 is 0 Å². The molecule has 3 N–H and O–H groups in total. The molecule has 0 spiro atoms. The number of nitrogens with two attached hydrogens (primary N) is 1. The summed E-state index contributed by atoms with van der Waals surface area (Å²) in [6, 6.07) is 7.60. The van der Waals surface area contributed by atoms with Crippen LogP contribution in [0.2, 0.25) is 0 Å². The minimum Gasteiger partial charge on any atom is -0.456 e. The Kier molecular flexibility index (Phi) is 4.75. The molecule has 0 aliphatic heterocycles. The summed E-state index contributed by atoms with van der Waals surface area (Å²) in [6.07, 6.45) is 0.705. The number of hydrogen-bond donors (Lipinski definition) is 2. The third-order valence-electron chi connectivity index (χ3n) is 2.79. The summed E-state index contributed by atoms with van der Waals surface area (Å²) in [7, 11) is 0. The first-order chi connectivity index (χ1) is 10.1. The molecular weight excluding hydrogens is 271 g/mol. The molecule has 0 unspecified atom stereocenters. The van der Waals surface area contributed by atoms with Crippen molar-refractivity contribution in [3.63, 3.8) is 0 Å². The van der Waals surface area contributed by atoms with E-state index in [2.05, 4.69) is 17.2 Å². The smallest absolute Gasteiger partial charge is 0.291 e. The van der Waals surface area contributed by atoms with Gasteiger partial charge in [-0.15, -0.1) is 0 Å². The summed E-state index contributed by atoms with van der Waals surface area (Å²) < 4.78 is 19.1. The van der Waals surface area contributed by atoms with Crippen LogP contribution in [0.3, 0.4) is 0 Å². The lowest BCUT2D eigenvalue weighted by Crippen LogP contribution is -2.11. The maximum atomic E-state index is 13.8.